The maximum Gasteiger partial charge on any atom is 0.231 e. The van der Waals surface area contributed by atoms with Crippen LogP contribution in [0.4, 0.5) is 4.39 Å². The van der Waals surface area contributed by atoms with E-state index in [-0.39, 0.29) is 35.7 Å². The summed E-state index contributed by atoms with van der Waals surface area (Å²) in [5.74, 6) is 0.252. The van der Waals surface area contributed by atoms with Gasteiger partial charge < -0.3 is 21.4 Å². The highest BCUT2D eigenvalue weighted by Crippen LogP contribution is 2.19. The first-order chi connectivity index (χ1) is 13.0. The van der Waals surface area contributed by atoms with Crippen LogP contribution >= 0.6 is 24.0 Å². The predicted octanol–water partition coefficient (Wildman–Crippen LogP) is 1.58. The molecule has 0 atom stereocenters. The number of hydrogen-bond donors (Lipinski definition) is 4. The summed E-state index contributed by atoms with van der Waals surface area (Å²) >= 11 is 0. The van der Waals surface area contributed by atoms with Gasteiger partial charge >= 0.3 is 0 Å². The Morgan fingerprint density at radius 2 is 2.14 bits per heavy atom. The number of hydrogen-bond acceptors (Lipinski definition) is 3. The molecular formula is C19H28FIN6O. The highest BCUT2D eigenvalue weighted by molar-refractivity contribution is 14.0. The summed E-state index contributed by atoms with van der Waals surface area (Å²) in [5, 5.41) is 7.67. The summed E-state index contributed by atoms with van der Waals surface area (Å²) in [6.07, 6.45) is 4.57. The first-order valence-electron chi connectivity index (χ1n) is 9.28. The zero-order valence-corrected chi connectivity index (χ0v) is 18.3. The maximum atomic E-state index is 13.5. The van der Waals surface area contributed by atoms with E-state index >= 15 is 0 Å². The Morgan fingerprint density at radius 3 is 2.82 bits per heavy atom. The van der Waals surface area contributed by atoms with E-state index in [0.29, 0.717) is 19.1 Å². The van der Waals surface area contributed by atoms with Crippen molar-refractivity contribution in [1.29, 1.82) is 0 Å². The topological polar surface area (TPSA) is 98.5 Å². The molecule has 0 radical (unpaired) electrons. The summed E-state index contributed by atoms with van der Waals surface area (Å²) in [7, 11) is 1.75. The van der Waals surface area contributed by atoms with Gasteiger partial charge in [-0.15, -0.1) is 24.0 Å². The molecular weight excluding hydrogens is 474 g/mol. The summed E-state index contributed by atoms with van der Waals surface area (Å²) in [6.45, 7) is 2.71. The molecule has 1 aromatic carbocycles. The predicted molar refractivity (Wildman–Crippen MR) is 121 cm³/mol. The fourth-order valence-electron chi connectivity index (χ4n) is 3.52. The number of aliphatic imine (C=N–C) groups is 1. The van der Waals surface area contributed by atoms with E-state index in [2.05, 4.69) is 25.5 Å². The highest BCUT2D eigenvalue weighted by atomic mass is 127. The number of H-pyrrole nitrogens is 1. The molecule has 28 heavy (non-hydrogen) atoms. The van der Waals surface area contributed by atoms with Gasteiger partial charge in [-0.25, -0.2) is 4.39 Å². The molecule has 0 aliphatic carbocycles. The number of aromatic amines is 1. The number of carbonyl (C=O) groups is 1. The van der Waals surface area contributed by atoms with Crippen molar-refractivity contribution in [2.75, 3.05) is 33.2 Å². The lowest BCUT2D eigenvalue weighted by atomic mass is 10.1. The number of benzene rings is 1. The van der Waals surface area contributed by atoms with E-state index in [4.69, 9.17) is 5.73 Å². The second-order valence-electron chi connectivity index (χ2n) is 6.91. The van der Waals surface area contributed by atoms with E-state index in [9.17, 15) is 9.18 Å². The van der Waals surface area contributed by atoms with Crippen LogP contribution in [0.1, 0.15) is 18.4 Å². The molecule has 1 saturated heterocycles. The number of likely N-dealkylation sites (tertiary alicyclic amines) is 1. The van der Waals surface area contributed by atoms with E-state index < -0.39 is 0 Å². The van der Waals surface area contributed by atoms with Crippen molar-refractivity contribution < 1.29 is 9.18 Å². The van der Waals surface area contributed by atoms with Crippen molar-refractivity contribution in [3.63, 3.8) is 0 Å². The Morgan fingerprint density at radius 1 is 1.39 bits per heavy atom. The van der Waals surface area contributed by atoms with Gasteiger partial charge in [0.15, 0.2) is 5.96 Å². The van der Waals surface area contributed by atoms with E-state index in [1.165, 1.54) is 6.07 Å². The summed E-state index contributed by atoms with van der Waals surface area (Å²) in [4.78, 5) is 20.5. The zero-order valence-electron chi connectivity index (χ0n) is 16.0. The Hall–Kier alpha value is -1.88. The molecule has 9 heteroatoms. The van der Waals surface area contributed by atoms with Gasteiger partial charge in [0.25, 0.3) is 0 Å². The number of fused-ring (bicyclic) bond motifs is 1. The molecule has 1 aliphatic heterocycles. The number of nitrogens with two attached hydrogens (primary N) is 1. The Bertz CT molecular complexity index is 816. The van der Waals surface area contributed by atoms with Crippen LogP contribution in [0.2, 0.25) is 0 Å². The Kier molecular flexibility index (Phi) is 8.49. The van der Waals surface area contributed by atoms with Crippen LogP contribution in [0.5, 0.6) is 0 Å². The van der Waals surface area contributed by atoms with Gasteiger partial charge in [-0.2, -0.15) is 0 Å². The number of halogens is 2. The van der Waals surface area contributed by atoms with Gasteiger partial charge in [0, 0.05) is 49.8 Å². The second kappa shape index (κ2) is 10.6. The van der Waals surface area contributed by atoms with Crippen LogP contribution in [0, 0.1) is 5.82 Å². The molecule has 1 fully saturated rings. The summed E-state index contributed by atoms with van der Waals surface area (Å²) in [6, 6.07) is 5.10. The van der Waals surface area contributed by atoms with Gasteiger partial charge in [-0.1, -0.05) is 0 Å². The largest absolute Gasteiger partial charge is 0.369 e. The molecule has 0 unspecified atom stereocenters. The van der Waals surface area contributed by atoms with Crippen molar-refractivity contribution in [3.05, 3.63) is 35.8 Å². The molecule has 2 aromatic rings. The summed E-state index contributed by atoms with van der Waals surface area (Å²) in [5.41, 5.74) is 7.27. The molecule has 1 amide bonds. The van der Waals surface area contributed by atoms with Crippen LogP contribution in [-0.2, 0) is 11.2 Å². The molecule has 0 saturated carbocycles. The third kappa shape index (κ3) is 6.06. The van der Waals surface area contributed by atoms with E-state index in [0.717, 1.165) is 54.8 Å². The first kappa shape index (κ1) is 22.4. The number of piperidine rings is 1. The lowest BCUT2D eigenvalue weighted by Crippen LogP contribution is -2.50. The van der Waals surface area contributed by atoms with E-state index in [1.54, 1.807) is 19.2 Å². The Balaban J connectivity index is 0.00000280. The second-order valence-corrected chi connectivity index (χ2v) is 6.91. The highest BCUT2D eigenvalue weighted by Gasteiger charge is 2.20. The number of nitrogens with one attached hydrogen (secondary N) is 3. The first-order valence-corrected chi connectivity index (χ1v) is 9.28. The number of nitrogens with zero attached hydrogens (tertiary/aromatic N) is 2. The smallest absolute Gasteiger partial charge is 0.231 e. The minimum absolute atomic E-state index is 0. The van der Waals surface area contributed by atoms with Crippen LogP contribution in [0.3, 0.4) is 0 Å². The van der Waals surface area contributed by atoms with Crippen molar-refractivity contribution in [1.82, 2.24) is 20.5 Å². The van der Waals surface area contributed by atoms with Crippen molar-refractivity contribution in [3.8, 4) is 0 Å². The Labute approximate surface area is 181 Å². The standard InChI is InChI=1S/C19H27FN6O.HI/c1-22-19(25-15-5-8-26(9-6-15)12-18(21)27)23-7-4-13-11-24-17-3-2-14(20)10-16(13)17;/h2-3,10-11,15,24H,4-9,12H2,1H3,(H2,21,27)(H2,22,23,25);1H. The van der Waals surface area contributed by atoms with Crippen LogP contribution in [-0.4, -0.2) is 61.0 Å². The average Bonchev–Trinajstić information content (AvgIpc) is 3.04. The number of rotatable bonds is 6. The molecule has 1 aliphatic rings. The third-order valence-electron chi connectivity index (χ3n) is 4.95. The van der Waals surface area contributed by atoms with Gasteiger partial charge in [0.2, 0.25) is 5.91 Å². The minimum atomic E-state index is -0.281. The van der Waals surface area contributed by atoms with Gasteiger partial charge in [-0.3, -0.25) is 14.7 Å². The number of aromatic nitrogens is 1. The lowest BCUT2D eigenvalue weighted by molar-refractivity contribution is -0.119. The molecule has 5 N–H and O–H groups in total. The molecule has 154 valence electrons. The van der Waals surface area contributed by atoms with Crippen molar-refractivity contribution in [2.45, 2.75) is 25.3 Å². The molecule has 3 rings (SSSR count). The molecule has 2 heterocycles. The molecule has 7 nitrogen and oxygen atoms in total. The average molecular weight is 502 g/mol. The van der Waals surface area contributed by atoms with Crippen LogP contribution in [0.25, 0.3) is 10.9 Å². The molecule has 0 bridgehead atoms. The number of primary amides is 1. The number of guanidine groups is 1. The third-order valence-corrected chi connectivity index (χ3v) is 4.95. The lowest BCUT2D eigenvalue weighted by Gasteiger charge is -2.32. The number of amides is 1. The zero-order chi connectivity index (χ0) is 19.2. The van der Waals surface area contributed by atoms with E-state index in [1.807, 2.05) is 6.20 Å². The monoisotopic (exact) mass is 502 g/mol. The van der Waals surface area contributed by atoms with Gasteiger partial charge in [0.05, 0.1) is 6.54 Å². The normalized spacial score (nSPS) is 16.0. The van der Waals surface area contributed by atoms with Crippen LogP contribution in [0.15, 0.2) is 29.4 Å². The van der Waals surface area contributed by atoms with Crippen molar-refractivity contribution in [2.24, 2.45) is 10.7 Å². The van der Waals surface area contributed by atoms with Gasteiger partial charge in [-0.05, 0) is 43.0 Å². The number of carbonyl (C=O) groups excluding carboxylic acids is 1. The van der Waals surface area contributed by atoms with Crippen molar-refractivity contribution >= 4 is 46.7 Å². The van der Waals surface area contributed by atoms with Gasteiger partial charge in [0.1, 0.15) is 5.82 Å². The van der Waals surface area contributed by atoms with Crippen LogP contribution < -0.4 is 16.4 Å². The summed E-state index contributed by atoms with van der Waals surface area (Å²) < 4.78 is 13.5. The SMILES string of the molecule is CN=C(NCCc1c[nH]c2ccc(F)cc12)NC1CCN(CC(N)=O)CC1.I. The molecule has 0 spiro atoms. The fraction of sp³-hybridized carbons (Fsp3) is 0.474. The minimum Gasteiger partial charge on any atom is -0.369 e. The fourth-order valence-corrected chi connectivity index (χ4v) is 3.52. The quantitative estimate of drug-likeness (QED) is 0.274. The molecule has 1 aromatic heterocycles. The maximum absolute atomic E-state index is 13.5.